The van der Waals surface area contributed by atoms with E-state index in [0.717, 1.165) is 30.2 Å². The normalized spacial score (nSPS) is 25.2. The van der Waals surface area contributed by atoms with Crippen molar-refractivity contribution in [3.63, 3.8) is 0 Å². The van der Waals surface area contributed by atoms with E-state index in [1.165, 1.54) is 6.07 Å². The number of phenols is 1. The van der Waals surface area contributed by atoms with Crippen LogP contribution in [-0.4, -0.2) is 87.6 Å². The molecule has 3 aliphatic rings. The number of piperazine rings is 1. The minimum Gasteiger partial charge on any atom is -0.508 e. The van der Waals surface area contributed by atoms with Crippen LogP contribution in [0.2, 0.25) is 0 Å². The molecule has 2 aromatic carbocycles. The molecule has 0 saturated carbocycles. The van der Waals surface area contributed by atoms with Gasteiger partial charge in [-0.05, 0) is 55.8 Å². The van der Waals surface area contributed by atoms with E-state index in [-0.39, 0.29) is 41.1 Å². The van der Waals surface area contributed by atoms with Crippen LogP contribution in [0.3, 0.4) is 0 Å². The molecule has 4 aromatic rings. The average Bonchev–Trinajstić information content (AvgIpc) is 3.46. The minimum absolute atomic E-state index is 0.0351. The maximum atomic E-state index is 16.4. The molecule has 2 aromatic heterocycles. The number of anilines is 1. The van der Waals surface area contributed by atoms with E-state index in [1.807, 2.05) is 24.3 Å². The molecule has 0 spiro atoms. The van der Waals surface area contributed by atoms with Crippen molar-refractivity contribution in [2.24, 2.45) is 0 Å². The third-order valence-electron chi connectivity index (χ3n) is 8.42. The van der Waals surface area contributed by atoms with E-state index < -0.39 is 11.9 Å². The quantitative estimate of drug-likeness (QED) is 0.359. The smallest absolute Gasteiger partial charge is 0.319 e. The molecular weight excluding hydrogens is 499 g/mol. The number of phenolic OH excluding ortho intramolecular Hbond substituents is 1. The van der Waals surface area contributed by atoms with Gasteiger partial charge in [-0.25, -0.2) is 4.39 Å². The van der Waals surface area contributed by atoms with Crippen molar-refractivity contribution in [2.45, 2.75) is 43.5 Å². The van der Waals surface area contributed by atoms with E-state index >= 15 is 4.39 Å². The van der Waals surface area contributed by atoms with Crippen LogP contribution in [0.15, 0.2) is 42.6 Å². The number of benzene rings is 2. The van der Waals surface area contributed by atoms with Crippen molar-refractivity contribution in [3.05, 3.63) is 48.4 Å². The number of halogens is 1. The van der Waals surface area contributed by atoms with Crippen LogP contribution in [0.4, 0.5) is 10.2 Å². The number of hydrogen-bond acceptors (Lipinski definition) is 9. The van der Waals surface area contributed by atoms with Gasteiger partial charge in [0.25, 0.3) is 0 Å². The molecule has 3 fully saturated rings. The van der Waals surface area contributed by atoms with E-state index in [2.05, 4.69) is 32.1 Å². The molecule has 3 aliphatic heterocycles. The minimum atomic E-state index is -0.590. The first kappa shape index (κ1) is 24.4. The highest BCUT2D eigenvalue weighted by Gasteiger charge is 2.40. The fourth-order valence-corrected chi connectivity index (χ4v) is 6.36. The fraction of sp³-hybridized carbons (Fsp3) is 0.414. The first-order valence-electron chi connectivity index (χ1n) is 13.5. The Hall–Kier alpha value is -3.60. The van der Waals surface area contributed by atoms with Gasteiger partial charge in [0.2, 0.25) is 0 Å². The van der Waals surface area contributed by atoms with Gasteiger partial charge < -0.3 is 30.1 Å². The molecule has 9 nitrogen and oxygen atoms in total. The summed E-state index contributed by atoms with van der Waals surface area (Å²) >= 11 is 0. The van der Waals surface area contributed by atoms with Crippen molar-refractivity contribution in [2.75, 3.05) is 38.2 Å². The van der Waals surface area contributed by atoms with Crippen molar-refractivity contribution >= 4 is 27.5 Å². The van der Waals surface area contributed by atoms with Crippen LogP contribution in [-0.2, 0) is 0 Å². The molecular formula is C29H31FN6O3. The van der Waals surface area contributed by atoms with Gasteiger partial charge in [-0.3, -0.25) is 4.98 Å². The van der Waals surface area contributed by atoms with E-state index in [9.17, 15) is 10.2 Å². The lowest BCUT2D eigenvalue weighted by Gasteiger charge is -2.34. The lowest BCUT2D eigenvalue weighted by Crippen LogP contribution is -2.53. The molecule has 0 aliphatic carbocycles. The number of aliphatic hydroxyl groups excluding tert-OH is 1. The molecule has 7 rings (SSSR count). The molecule has 5 heterocycles. The van der Waals surface area contributed by atoms with Crippen molar-refractivity contribution < 1.29 is 19.3 Å². The second-order valence-corrected chi connectivity index (χ2v) is 11.0. The lowest BCUT2D eigenvalue weighted by molar-refractivity contribution is 0.163. The maximum absolute atomic E-state index is 16.4. The van der Waals surface area contributed by atoms with Crippen molar-refractivity contribution in [1.29, 1.82) is 0 Å². The Kier molecular flexibility index (Phi) is 5.98. The van der Waals surface area contributed by atoms with Gasteiger partial charge in [-0.15, -0.1) is 0 Å². The molecule has 0 amide bonds. The topological polar surface area (TPSA) is 107 Å². The Labute approximate surface area is 225 Å². The van der Waals surface area contributed by atoms with E-state index in [0.29, 0.717) is 42.9 Å². The zero-order valence-corrected chi connectivity index (χ0v) is 21.7. The van der Waals surface area contributed by atoms with Crippen LogP contribution in [0.25, 0.3) is 32.9 Å². The summed E-state index contributed by atoms with van der Waals surface area (Å²) in [6.07, 6.45) is 3.99. The van der Waals surface area contributed by atoms with Crippen LogP contribution >= 0.6 is 0 Å². The molecule has 10 heteroatoms. The zero-order valence-electron chi connectivity index (χ0n) is 21.7. The predicted molar refractivity (Wildman–Crippen MR) is 147 cm³/mol. The third kappa shape index (κ3) is 4.32. The van der Waals surface area contributed by atoms with Gasteiger partial charge in [0.1, 0.15) is 29.4 Å². The standard InChI is InChI=1S/C29H31FN6O3/c1-35-8-4-6-18(35)15-39-29-33-27-22(28(34-29)36-13-17-10-24(38)23(14-36)32-17)12-31-26(25(27)30)21-11-19(37)9-16-5-2-3-7-20(16)21/h2-3,5,7,9,11-12,17-18,23-24,32,37-38H,4,6,8,10,13-15H2,1H3/t17?,18-,23?,24+/m0/s1. The number of hydrogen-bond donors (Lipinski definition) is 3. The molecule has 4 atom stereocenters. The summed E-state index contributed by atoms with van der Waals surface area (Å²) in [5.74, 6) is -0.0000917. The Morgan fingerprint density at radius 1 is 1.15 bits per heavy atom. The molecule has 3 N–H and O–H groups in total. The van der Waals surface area contributed by atoms with Gasteiger partial charge in [-0.1, -0.05) is 24.3 Å². The number of nitrogens with zero attached hydrogens (tertiary/aromatic N) is 5. The van der Waals surface area contributed by atoms with Gasteiger partial charge >= 0.3 is 6.01 Å². The molecule has 39 heavy (non-hydrogen) atoms. The summed E-state index contributed by atoms with van der Waals surface area (Å²) < 4.78 is 22.5. The van der Waals surface area contributed by atoms with Crippen LogP contribution in [0.5, 0.6) is 11.8 Å². The number of aromatic hydroxyl groups is 1. The highest BCUT2D eigenvalue weighted by Crippen LogP contribution is 2.37. The summed E-state index contributed by atoms with van der Waals surface area (Å²) in [6.45, 7) is 2.61. The Balaban J connectivity index is 1.35. The molecule has 2 unspecified atom stereocenters. The van der Waals surface area contributed by atoms with Gasteiger partial charge in [0.15, 0.2) is 5.82 Å². The number of likely N-dealkylation sites (tertiary alicyclic amines) is 1. The van der Waals surface area contributed by atoms with Crippen LogP contribution < -0.4 is 15.0 Å². The first-order chi connectivity index (χ1) is 18.9. The first-order valence-corrected chi connectivity index (χ1v) is 13.5. The molecule has 202 valence electrons. The number of likely N-dealkylation sites (N-methyl/N-ethyl adjacent to an activating group) is 1. The number of rotatable bonds is 5. The van der Waals surface area contributed by atoms with Crippen LogP contribution in [0, 0.1) is 5.82 Å². The van der Waals surface area contributed by atoms with Gasteiger partial charge in [0.05, 0.1) is 17.5 Å². The summed E-state index contributed by atoms with van der Waals surface area (Å²) in [5.41, 5.74) is 0.721. The summed E-state index contributed by atoms with van der Waals surface area (Å²) in [4.78, 5) is 18.2. The van der Waals surface area contributed by atoms with Crippen LogP contribution in [0.1, 0.15) is 19.3 Å². The number of aliphatic hydroxyl groups is 1. The summed E-state index contributed by atoms with van der Waals surface area (Å²) in [5, 5.41) is 26.3. The number of fused-ring (bicyclic) bond motifs is 4. The molecule has 0 radical (unpaired) electrons. The van der Waals surface area contributed by atoms with Crippen molar-refractivity contribution in [3.8, 4) is 23.0 Å². The number of pyridine rings is 1. The maximum Gasteiger partial charge on any atom is 0.319 e. The van der Waals surface area contributed by atoms with Crippen molar-refractivity contribution in [1.82, 2.24) is 25.2 Å². The molecule has 3 saturated heterocycles. The monoisotopic (exact) mass is 530 g/mol. The summed E-state index contributed by atoms with van der Waals surface area (Å²) in [6, 6.07) is 11.1. The largest absolute Gasteiger partial charge is 0.508 e. The van der Waals surface area contributed by atoms with Gasteiger partial charge in [0, 0.05) is 36.9 Å². The zero-order chi connectivity index (χ0) is 26.7. The Bertz CT molecular complexity index is 1570. The fourth-order valence-electron chi connectivity index (χ4n) is 6.36. The number of aromatic nitrogens is 3. The Morgan fingerprint density at radius 2 is 2.03 bits per heavy atom. The SMILES string of the molecule is CN1CCC[C@H]1COc1nc(N2CC3C[C@@H](O)C(C2)N3)c2cnc(-c3cc(O)cc4ccccc34)c(F)c2n1. The number of ether oxygens (including phenoxy) is 1. The van der Waals surface area contributed by atoms with E-state index in [4.69, 9.17) is 9.72 Å². The van der Waals surface area contributed by atoms with E-state index in [1.54, 1.807) is 12.3 Å². The summed E-state index contributed by atoms with van der Waals surface area (Å²) in [7, 11) is 2.08. The third-order valence-corrected chi connectivity index (χ3v) is 8.42. The highest BCUT2D eigenvalue weighted by molar-refractivity contribution is 5.99. The van der Waals surface area contributed by atoms with Gasteiger partial charge in [-0.2, -0.15) is 9.97 Å². The second kappa shape index (κ2) is 9.55. The lowest BCUT2D eigenvalue weighted by atomic mass is 10.00. The highest BCUT2D eigenvalue weighted by atomic mass is 19.1. The Morgan fingerprint density at radius 3 is 2.85 bits per heavy atom. The molecule has 2 bridgehead atoms. The average molecular weight is 531 g/mol. The second-order valence-electron chi connectivity index (χ2n) is 11.0. The number of nitrogens with one attached hydrogen (secondary N) is 1. The predicted octanol–water partition coefficient (Wildman–Crippen LogP) is 3.07.